The van der Waals surface area contributed by atoms with Crippen molar-refractivity contribution in [3.63, 3.8) is 0 Å². The average molecular weight is 530 g/mol. The Bertz CT molecular complexity index is 839. The maximum absolute atomic E-state index is 13.7. The molecule has 0 bridgehead atoms. The predicted molar refractivity (Wildman–Crippen MR) is 128 cm³/mol. The van der Waals surface area contributed by atoms with E-state index in [-0.39, 0.29) is 48.4 Å². The third-order valence-electron chi connectivity index (χ3n) is 4.32. The quantitative estimate of drug-likeness (QED) is 0.312. The number of aliphatic imine (C=N–C) groups is 1. The molecule has 0 aliphatic heterocycles. The van der Waals surface area contributed by atoms with Gasteiger partial charge in [0.1, 0.15) is 11.6 Å². The molecular weight excluding hydrogens is 501 g/mol. The molecule has 2 rings (SSSR count). The molecule has 0 saturated carbocycles. The summed E-state index contributed by atoms with van der Waals surface area (Å²) in [4.78, 5) is 18.0. The summed E-state index contributed by atoms with van der Waals surface area (Å²) in [7, 11) is 3.45. The Morgan fingerprint density at radius 3 is 2.33 bits per heavy atom. The fourth-order valence-corrected chi connectivity index (χ4v) is 2.84. The van der Waals surface area contributed by atoms with E-state index >= 15 is 0 Å². The molecule has 0 radical (unpaired) electrons. The molecule has 1 amide bonds. The number of benzene rings is 2. The van der Waals surface area contributed by atoms with Gasteiger partial charge >= 0.3 is 0 Å². The zero-order chi connectivity index (χ0) is 21.2. The molecule has 2 aromatic carbocycles. The van der Waals surface area contributed by atoms with Gasteiger partial charge in [0.2, 0.25) is 0 Å². The van der Waals surface area contributed by atoms with Crippen molar-refractivity contribution in [3.8, 4) is 0 Å². The molecule has 2 N–H and O–H groups in total. The van der Waals surface area contributed by atoms with E-state index in [1.165, 1.54) is 18.2 Å². The minimum atomic E-state index is -0.551. The van der Waals surface area contributed by atoms with Crippen LogP contribution < -0.4 is 10.6 Å². The highest BCUT2D eigenvalue weighted by Crippen LogP contribution is 2.12. The van der Waals surface area contributed by atoms with Crippen LogP contribution in [0.2, 0.25) is 0 Å². The summed E-state index contributed by atoms with van der Waals surface area (Å²) in [5.74, 6) is -0.546. The first kappa shape index (κ1) is 25.8. The van der Waals surface area contributed by atoms with E-state index in [0.717, 1.165) is 5.56 Å². The zero-order valence-corrected chi connectivity index (χ0v) is 19.9. The molecule has 0 spiro atoms. The maximum Gasteiger partial charge on any atom is 0.253 e. The topological polar surface area (TPSA) is 56.7 Å². The molecule has 0 saturated heterocycles. The van der Waals surface area contributed by atoms with E-state index < -0.39 is 11.6 Å². The number of carbonyl (C=O) groups excluding carboxylic acids is 1. The molecule has 0 aliphatic carbocycles. The number of nitrogens with zero attached hydrogens (tertiary/aromatic N) is 2. The van der Waals surface area contributed by atoms with Gasteiger partial charge in [-0.1, -0.05) is 18.2 Å². The average Bonchev–Trinajstić information content (AvgIpc) is 2.69. The van der Waals surface area contributed by atoms with Crippen LogP contribution in [0, 0.1) is 11.6 Å². The van der Waals surface area contributed by atoms with Crippen molar-refractivity contribution < 1.29 is 13.6 Å². The summed E-state index contributed by atoms with van der Waals surface area (Å²) in [5.41, 5.74) is 1.74. The number of carbonyl (C=O) groups is 1. The minimum Gasteiger partial charge on any atom is -0.357 e. The van der Waals surface area contributed by atoms with Crippen LogP contribution in [0.15, 0.2) is 47.5 Å². The van der Waals surface area contributed by atoms with Gasteiger partial charge in [-0.2, -0.15) is 0 Å². The summed E-state index contributed by atoms with van der Waals surface area (Å²) in [6.07, 6.45) is 0.894. The van der Waals surface area contributed by atoms with Crippen molar-refractivity contribution in [1.29, 1.82) is 0 Å². The number of hydrogen-bond acceptors (Lipinski definition) is 2. The lowest BCUT2D eigenvalue weighted by molar-refractivity contribution is 0.0827. The Morgan fingerprint density at radius 1 is 1.03 bits per heavy atom. The fourth-order valence-electron chi connectivity index (χ4n) is 2.84. The van der Waals surface area contributed by atoms with Crippen LogP contribution in [0.1, 0.15) is 28.4 Å². The van der Waals surface area contributed by atoms with Crippen LogP contribution in [-0.4, -0.2) is 50.5 Å². The maximum atomic E-state index is 13.7. The first-order valence-corrected chi connectivity index (χ1v) is 9.68. The summed E-state index contributed by atoms with van der Waals surface area (Å²) in [6.45, 7) is 3.50. The van der Waals surface area contributed by atoms with Gasteiger partial charge in [0.05, 0.1) is 0 Å². The normalized spacial score (nSPS) is 10.9. The summed E-state index contributed by atoms with van der Waals surface area (Å²) in [5, 5.41) is 6.33. The monoisotopic (exact) mass is 530 g/mol. The van der Waals surface area contributed by atoms with Gasteiger partial charge in [0.25, 0.3) is 5.91 Å². The van der Waals surface area contributed by atoms with Crippen molar-refractivity contribution in [3.05, 3.63) is 70.8 Å². The molecule has 0 aliphatic rings. The van der Waals surface area contributed by atoms with Crippen molar-refractivity contribution in [1.82, 2.24) is 15.5 Å². The van der Waals surface area contributed by atoms with E-state index in [0.29, 0.717) is 31.0 Å². The van der Waals surface area contributed by atoms with Crippen molar-refractivity contribution in [2.45, 2.75) is 19.8 Å². The first-order valence-electron chi connectivity index (χ1n) is 9.68. The second-order valence-electron chi connectivity index (χ2n) is 6.79. The van der Waals surface area contributed by atoms with Crippen molar-refractivity contribution >= 4 is 35.8 Å². The van der Waals surface area contributed by atoms with E-state index in [2.05, 4.69) is 15.6 Å². The number of rotatable bonds is 8. The molecule has 0 heterocycles. The lowest BCUT2D eigenvalue weighted by atomic mass is 10.1. The van der Waals surface area contributed by atoms with Crippen molar-refractivity contribution in [2.24, 2.45) is 4.99 Å². The highest BCUT2D eigenvalue weighted by atomic mass is 127. The Labute approximate surface area is 194 Å². The van der Waals surface area contributed by atoms with E-state index in [1.54, 1.807) is 25.1 Å². The molecule has 0 fully saturated rings. The van der Waals surface area contributed by atoms with Crippen LogP contribution in [-0.2, 0) is 12.8 Å². The Hall–Kier alpha value is -2.23. The smallest absolute Gasteiger partial charge is 0.253 e. The summed E-state index contributed by atoms with van der Waals surface area (Å²) in [6, 6.07) is 11.4. The van der Waals surface area contributed by atoms with Crippen LogP contribution in [0.4, 0.5) is 8.78 Å². The van der Waals surface area contributed by atoms with E-state index in [1.807, 2.05) is 25.1 Å². The van der Waals surface area contributed by atoms with Crippen molar-refractivity contribution in [2.75, 3.05) is 33.7 Å². The zero-order valence-electron chi connectivity index (χ0n) is 17.5. The van der Waals surface area contributed by atoms with Crippen LogP contribution >= 0.6 is 24.0 Å². The van der Waals surface area contributed by atoms with Crippen LogP contribution in [0.3, 0.4) is 0 Å². The number of hydrogen-bond donors (Lipinski definition) is 2. The first-order chi connectivity index (χ1) is 13.9. The summed E-state index contributed by atoms with van der Waals surface area (Å²) >= 11 is 0. The number of nitrogens with one attached hydrogen (secondary N) is 2. The Balaban J connectivity index is 0.00000450. The van der Waals surface area contributed by atoms with Gasteiger partial charge in [-0.05, 0) is 49.6 Å². The lowest BCUT2D eigenvalue weighted by Crippen LogP contribution is -2.38. The molecule has 0 unspecified atom stereocenters. The third-order valence-corrected chi connectivity index (χ3v) is 4.32. The van der Waals surface area contributed by atoms with Gasteiger partial charge in [0.15, 0.2) is 5.96 Å². The second kappa shape index (κ2) is 13.1. The third kappa shape index (κ3) is 7.89. The second-order valence-corrected chi connectivity index (χ2v) is 6.79. The molecular formula is C22H29F2IN4O. The minimum absolute atomic E-state index is 0. The Kier molecular flexibility index (Phi) is 11.3. The number of guanidine groups is 1. The Morgan fingerprint density at radius 2 is 1.70 bits per heavy atom. The van der Waals surface area contributed by atoms with Gasteiger partial charge < -0.3 is 15.5 Å². The van der Waals surface area contributed by atoms with Crippen LogP contribution in [0.5, 0.6) is 0 Å². The van der Waals surface area contributed by atoms with Gasteiger partial charge in [-0.3, -0.25) is 9.79 Å². The predicted octanol–water partition coefficient (Wildman–Crippen LogP) is 3.62. The van der Waals surface area contributed by atoms with E-state index in [4.69, 9.17) is 0 Å². The standard InChI is InChI=1S/C22H28F2N4O.HI/c1-4-25-22(27-14-12-18-19(23)9-6-10-20(18)24)26-13-11-16-7-5-8-17(15-16)21(29)28(2)3;/h5-10,15H,4,11-14H2,1-3H3,(H2,25,26,27);1H. The molecule has 5 nitrogen and oxygen atoms in total. The molecule has 2 aromatic rings. The SMILES string of the molecule is CCNC(=NCCc1c(F)cccc1F)NCCc1cccc(C(=O)N(C)C)c1.I. The van der Waals surface area contributed by atoms with Crippen LogP contribution in [0.25, 0.3) is 0 Å². The van der Waals surface area contributed by atoms with Gasteiger partial charge in [-0.25, -0.2) is 8.78 Å². The number of amides is 1. The molecule has 164 valence electrons. The largest absolute Gasteiger partial charge is 0.357 e. The van der Waals surface area contributed by atoms with E-state index in [9.17, 15) is 13.6 Å². The molecule has 0 aromatic heterocycles. The highest BCUT2D eigenvalue weighted by molar-refractivity contribution is 14.0. The molecule has 0 atom stereocenters. The highest BCUT2D eigenvalue weighted by Gasteiger charge is 2.09. The molecule has 8 heteroatoms. The lowest BCUT2D eigenvalue weighted by Gasteiger charge is -2.13. The van der Waals surface area contributed by atoms with Gasteiger partial charge in [-0.15, -0.1) is 24.0 Å². The fraction of sp³-hybridized carbons (Fsp3) is 0.364. The molecule has 30 heavy (non-hydrogen) atoms. The number of halogens is 3. The summed E-state index contributed by atoms with van der Waals surface area (Å²) < 4.78 is 27.4. The van der Waals surface area contributed by atoms with Gasteiger partial charge in [0, 0.05) is 44.9 Å².